The van der Waals surface area contributed by atoms with E-state index in [0.29, 0.717) is 25.9 Å². The third-order valence-electron chi connectivity index (χ3n) is 5.90. The third-order valence-corrected chi connectivity index (χ3v) is 14.4. The molecule has 3 nitrogen and oxygen atoms in total. The van der Waals surface area contributed by atoms with Crippen LogP contribution in [0.15, 0.2) is 8.07 Å². The standard InChI is InChI=1S/C14H22BrO3.3CH3.Sn/c1-13(2)10-7-12(14(13,3)8-11(10)15)18-9-17-6-5-16-4;;;;/h10,12H,5-7,9H2,1-4H3;3*1H3;/t10-,12-,14+;;;;/m1..../s1. The second kappa shape index (κ2) is 6.66. The van der Waals surface area contributed by atoms with Crippen LogP contribution in [-0.2, 0) is 14.2 Å². The van der Waals surface area contributed by atoms with Crippen molar-refractivity contribution < 1.29 is 14.2 Å². The molecule has 1 fully saturated rings. The van der Waals surface area contributed by atoms with Gasteiger partial charge in [-0.15, -0.1) is 0 Å². The first-order valence-electron chi connectivity index (χ1n) is 8.17. The first-order valence-corrected chi connectivity index (χ1v) is 19.0. The van der Waals surface area contributed by atoms with Crippen LogP contribution in [0.4, 0.5) is 0 Å². The van der Waals surface area contributed by atoms with Crippen molar-refractivity contribution in [1.82, 2.24) is 0 Å². The van der Waals surface area contributed by atoms with E-state index in [4.69, 9.17) is 14.2 Å². The molecule has 0 N–H and O–H groups in total. The van der Waals surface area contributed by atoms with Gasteiger partial charge in [-0.05, 0) is 0 Å². The van der Waals surface area contributed by atoms with Gasteiger partial charge in [0.25, 0.3) is 0 Å². The summed E-state index contributed by atoms with van der Waals surface area (Å²) in [6.45, 7) is 8.85. The molecule has 3 atom stereocenters. The second-order valence-corrected chi connectivity index (χ2v) is 23.5. The van der Waals surface area contributed by atoms with Gasteiger partial charge in [-0.25, -0.2) is 0 Å². The van der Waals surface area contributed by atoms with Gasteiger partial charge in [0.05, 0.1) is 0 Å². The zero-order valence-electron chi connectivity index (χ0n) is 15.1. The molecule has 0 aromatic rings. The van der Waals surface area contributed by atoms with Crippen LogP contribution in [0.25, 0.3) is 0 Å². The fourth-order valence-corrected chi connectivity index (χ4v) is 18.1. The van der Waals surface area contributed by atoms with E-state index in [1.54, 1.807) is 10.7 Å². The van der Waals surface area contributed by atoms with E-state index < -0.39 is 18.4 Å². The Morgan fingerprint density at radius 1 is 1.18 bits per heavy atom. The summed E-state index contributed by atoms with van der Waals surface area (Å²) in [5.74, 6) is 0.590. The van der Waals surface area contributed by atoms with E-state index >= 15 is 0 Å². The maximum absolute atomic E-state index is 6.20. The molecule has 0 radical (unpaired) electrons. The molecule has 0 spiro atoms. The number of fused-ring (bicyclic) bond motifs is 2. The van der Waals surface area contributed by atoms with Crippen molar-refractivity contribution in [3.05, 3.63) is 8.07 Å². The summed E-state index contributed by atoms with van der Waals surface area (Å²) in [6, 6.07) is 0. The molecule has 0 amide bonds. The van der Waals surface area contributed by atoms with E-state index in [9.17, 15) is 0 Å². The summed E-state index contributed by atoms with van der Waals surface area (Å²) in [5, 5.41) is 0. The summed E-state index contributed by atoms with van der Waals surface area (Å²) in [7, 11) is 1.69. The predicted molar refractivity (Wildman–Crippen MR) is 96.9 cm³/mol. The molecular weight excluding hydrogens is 451 g/mol. The van der Waals surface area contributed by atoms with Crippen LogP contribution in [0.3, 0.4) is 0 Å². The van der Waals surface area contributed by atoms with Crippen molar-refractivity contribution in [3.63, 3.8) is 0 Å². The summed E-state index contributed by atoms with van der Waals surface area (Å²) < 4.78 is 20.0. The number of ether oxygens (including phenoxy) is 3. The fourth-order valence-electron chi connectivity index (χ4n) is 4.55. The Bertz CT molecular complexity index is 455. The van der Waals surface area contributed by atoms with Crippen molar-refractivity contribution in [1.29, 1.82) is 0 Å². The van der Waals surface area contributed by atoms with Gasteiger partial charge < -0.3 is 0 Å². The van der Waals surface area contributed by atoms with Crippen LogP contribution in [0.5, 0.6) is 0 Å². The monoisotopic (exact) mass is 482 g/mol. The quantitative estimate of drug-likeness (QED) is 0.302. The number of halogens is 1. The van der Waals surface area contributed by atoms with Crippen LogP contribution in [0, 0.1) is 16.7 Å². The van der Waals surface area contributed by atoms with Gasteiger partial charge in [-0.3, -0.25) is 0 Å². The van der Waals surface area contributed by atoms with Crippen molar-refractivity contribution in [2.75, 3.05) is 27.1 Å². The molecular formula is C17H31BrO3Sn. The molecule has 22 heavy (non-hydrogen) atoms. The Balaban J connectivity index is 2.17. The Labute approximate surface area is 148 Å². The summed E-state index contributed by atoms with van der Waals surface area (Å²) in [4.78, 5) is 7.54. The number of hydrogen-bond donors (Lipinski definition) is 0. The molecule has 0 aromatic carbocycles. The van der Waals surface area contributed by atoms with Gasteiger partial charge in [-0.1, -0.05) is 0 Å². The molecule has 2 bridgehead atoms. The summed E-state index contributed by atoms with van der Waals surface area (Å²) >= 11 is 1.76. The van der Waals surface area contributed by atoms with Crippen molar-refractivity contribution in [2.24, 2.45) is 16.7 Å². The molecule has 128 valence electrons. The predicted octanol–water partition coefficient (Wildman–Crippen LogP) is 4.58. The van der Waals surface area contributed by atoms with E-state index in [1.165, 1.54) is 4.48 Å². The van der Waals surface area contributed by atoms with Crippen molar-refractivity contribution in [3.8, 4) is 0 Å². The van der Waals surface area contributed by atoms with Crippen LogP contribution >= 0.6 is 15.9 Å². The molecule has 0 unspecified atom stereocenters. The van der Waals surface area contributed by atoms with Crippen LogP contribution in [-0.4, -0.2) is 51.6 Å². The first-order chi connectivity index (χ1) is 10.1. The van der Waals surface area contributed by atoms with Gasteiger partial charge in [0.2, 0.25) is 0 Å². The van der Waals surface area contributed by atoms with Gasteiger partial charge in [0.1, 0.15) is 0 Å². The van der Waals surface area contributed by atoms with Crippen LogP contribution < -0.4 is 0 Å². The summed E-state index contributed by atoms with van der Waals surface area (Å²) in [6.07, 6.45) is 1.37. The van der Waals surface area contributed by atoms with Crippen molar-refractivity contribution in [2.45, 2.75) is 48.1 Å². The topological polar surface area (TPSA) is 27.7 Å². The van der Waals surface area contributed by atoms with Crippen LogP contribution in [0.1, 0.15) is 27.2 Å². The third kappa shape index (κ3) is 2.96. The van der Waals surface area contributed by atoms with Gasteiger partial charge in [0, 0.05) is 0 Å². The van der Waals surface area contributed by atoms with Gasteiger partial charge in [-0.2, -0.15) is 0 Å². The molecule has 1 saturated carbocycles. The fraction of sp³-hybridized carbons (Fsp3) is 0.882. The zero-order chi connectivity index (χ0) is 16.8. The Hall–Kier alpha value is 0.899. The maximum atomic E-state index is 6.20. The van der Waals surface area contributed by atoms with Gasteiger partial charge in [0.15, 0.2) is 0 Å². The normalized spacial score (nSPS) is 33.8. The molecule has 0 heterocycles. The molecule has 0 aliphatic heterocycles. The van der Waals surface area contributed by atoms with Crippen LogP contribution in [0.2, 0.25) is 14.8 Å². The number of methoxy groups -OCH3 is 1. The average molecular weight is 482 g/mol. The SMILES string of the molecule is COCCOCO[C@@H]1C[C@@H]2C(Br)=[C]([Sn]([CH3])([CH3])[CH3])[C@]1(C)C2(C)C. The second-order valence-electron chi connectivity index (χ2n) is 8.36. The number of allylic oxidation sites excluding steroid dienone is 1. The number of rotatable bonds is 7. The number of hydrogen-bond acceptors (Lipinski definition) is 3. The minimum absolute atomic E-state index is 0.134. The molecule has 2 aliphatic carbocycles. The Morgan fingerprint density at radius 3 is 2.32 bits per heavy atom. The van der Waals surface area contributed by atoms with E-state index in [2.05, 4.69) is 51.5 Å². The molecule has 5 heteroatoms. The minimum atomic E-state index is -2.21. The molecule has 2 rings (SSSR count). The molecule has 2 aliphatic rings. The van der Waals surface area contributed by atoms with Gasteiger partial charge >= 0.3 is 149 Å². The average Bonchev–Trinajstić information content (AvgIpc) is 2.66. The Morgan fingerprint density at radius 2 is 1.82 bits per heavy atom. The molecule has 0 aromatic heterocycles. The van der Waals surface area contributed by atoms with Crippen molar-refractivity contribution >= 4 is 34.3 Å². The van der Waals surface area contributed by atoms with E-state index in [1.807, 2.05) is 0 Å². The summed E-state index contributed by atoms with van der Waals surface area (Å²) in [5.41, 5.74) is 0.387. The zero-order valence-corrected chi connectivity index (χ0v) is 19.5. The van der Waals surface area contributed by atoms with E-state index in [0.717, 1.165) is 6.42 Å². The first kappa shape index (κ1) is 19.2. The van der Waals surface area contributed by atoms with E-state index in [-0.39, 0.29) is 16.9 Å². The Kier molecular flexibility index (Phi) is 5.82. The molecule has 0 saturated heterocycles.